The number of para-hydroxylation sites is 2. The van der Waals surface area contributed by atoms with Crippen LogP contribution >= 0.6 is 11.3 Å². The molecule has 1 aliphatic heterocycles. The zero-order valence-electron chi connectivity index (χ0n) is 13.5. The molecule has 0 amide bonds. The molecule has 25 heavy (non-hydrogen) atoms. The van der Waals surface area contributed by atoms with Gasteiger partial charge in [-0.05, 0) is 47.5 Å². The minimum absolute atomic E-state index is 0.228. The number of hydrogen-bond donors (Lipinski definition) is 0. The maximum Gasteiger partial charge on any atom is 0.250 e. The Morgan fingerprint density at radius 1 is 1.00 bits per heavy atom. The zero-order chi connectivity index (χ0) is 16.6. The lowest BCUT2D eigenvalue weighted by Gasteiger charge is -2.23. The van der Waals surface area contributed by atoms with Crippen molar-refractivity contribution in [1.29, 1.82) is 0 Å². The topological polar surface area (TPSA) is 59.7 Å². The Hall–Kier alpha value is -2.80. The van der Waals surface area contributed by atoms with E-state index in [2.05, 4.69) is 38.6 Å². The van der Waals surface area contributed by atoms with Crippen LogP contribution in [0.3, 0.4) is 0 Å². The SMILES string of the molecule is c1ccc(-n2nnnc2N2CCC[C@@H]2c2nc3ccccc3s2)cc1. The average Bonchev–Trinajstić information content (AvgIpc) is 3.39. The van der Waals surface area contributed by atoms with Crippen LogP contribution in [0.2, 0.25) is 0 Å². The van der Waals surface area contributed by atoms with Crippen LogP contribution in [0.4, 0.5) is 5.95 Å². The Balaban J connectivity index is 1.55. The van der Waals surface area contributed by atoms with Crippen LogP contribution in [0, 0.1) is 0 Å². The molecule has 1 atom stereocenters. The van der Waals surface area contributed by atoms with Gasteiger partial charge in [-0.3, -0.25) is 0 Å². The second-order valence-electron chi connectivity index (χ2n) is 6.10. The predicted octanol–water partition coefficient (Wildman–Crippen LogP) is 3.61. The molecule has 3 heterocycles. The molecule has 1 fully saturated rings. The summed E-state index contributed by atoms with van der Waals surface area (Å²) in [4.78, 5) is 7.14. The largest absolute Gasteiger partial charge is 0.330 e. The summed E-state index contributed by atoms with van der Waals surface area (Å²) in [6, 6.07) is 18.5. The van der Waals surface area contributed by atoms with Gasteiger partial charge in [0.15, 0.2) is 0 Å². The van der Waals surface area contributed by atoms with Crippen molar-refractivity contribution in [3.63, 3.8) is 0 Å². The molecule has 1 aliphatic rings. The third-order valence-electron chi connectivity index (χ3n) is 4.56. The number of benzene rings is 2. The summed E-state index contributed by atoms with van der Waals surface area (Å²) in [6.45, 7) is 0.938. The molecule has 0 bridgehead atoms. The summed E-state index contributed by atoms with van der Waals surface area (Å²) in [6.07, 6.45) is 2.18. The van der Waals surface area contributed by atoms with E-state index in [1.165, 1.54) is 4.70 Å². The number of thiazole rings is 1. The summed E-state index contributed by atoms with van der Waals surface area (Å²) in [5.74, 6) is 0.785. The Bertz CT molecular complexity index is 976. The summed E-state index contributed by atoms with van der Waals surface area (Å²) in [7, 11) is 0. The van der Waals surface area contributed by atoms with Gasteiger partial charge in [0, 0.05) is 6.54 Å². The van der Waals surface area contributed by atoms with Crippen molar-refractivity contribution in [2.24, 2.45) is 0 Å². The van der Waals surface area contributed by atoms with Gasteiger partial charge >= 0.3 is 0 Å². The van der Waals surface area contributed by atoms with E-state index in [0.717, 1.165) is 41.5 Å². The summed E-state index contributed by atoms with van der Waals surface area (Å²) in [5.41, 5.74) is 2.04. The standard InChI is InChI=1S/C18H16N6S/c1-2-7-13(8-3-1)24-18(20-21-22-24)23-12-6-10-15(23)17-19-14-9-4-5-11-16(14)25-17/h1-5,7-9,11,15H,6,10,12H2/t15-/m1/s1. The van der Waals surface area contributed by atoms with Crippen molar-refractivity contribution in [2.45, 2.75) is 18.9 Å². The van der Waals surface area contributed by atoms with Crippen LogP contribution in [-0.2, 0) is 0 Å². The molecular weight excluding hydrogens is 332 g/mol. The van der Waals surface area contributed by atoms with Gasteiger partial charge in [0.1, 0.15) is 5.01 Å². The lowest BCUT2D eigenvalue weighted by Crippen LogP contribution is -2.25. The van der Waals surface area contributed by atoms with Gasteiger partial charge in [0.2, 0.25) is 0 Å². The van der Waals surface area contributed by atoms with Crippen molar-refractivity contribution in [1.82, 2.24) is 25.2 Å². The number of anilines is 1. The molecular formula is C18H16N6S. The number of tetrazole rings is 1. The Labute approximate surface area is 148 Å². The highest BCUT2D eigenvalue weighted by Gasteiger charge is 2.32. The number of fused-ring (bicyclic) bond motifs is 1. The molecule has 7 heteroatoms. The lowest BCUT2D eigenvalue weighted by atomic mass is 10.2. The van der Waals surface area contributed by atoms with Gasteiger partial charge in [0.25, 0.3) is 5.95 Å². The van der Waals surface area contributed by atoms with E-state index in [1.54, 1.807) is 11.3 Å². The lowest BCUT2D eigenvalue weighted by molar-refractivity contribution is 0.684. The van der Waals surface area contributed by atoms with Gasteiger partial charge < -0.3 is 4.90 Å². The van der Waals surface area contributed by atoms with E-state index in [9.17, 15) is 0 Å². The van der Waals surface area contributed by atoms with E-state index in [4.69, 9.17) is 4.98 Å². The first-order valence-corrected chi connectivity index (χ1v) is 9.18. The van der Waals surface area contributed by atoms with Crippen LogP contribution in [-0.4, -0.2) is 31.7 Å². The number of rotatable bonds is 3. The molecule has 0 spiro atoms. The molecule has 124 valence electrons. The minimum Gasteiger partial charge on any atom is -0.330 e. The van der Waals surface area contributed by atoms with Crippen LogP contribution < -0.4 is 4.90 Å². The maximum atomic E-state index is 4.86. The first kappa shape index (κ1) is 14.5. The van der Waals surface area contributed by atoms with E-state index in [-0.39, 0.29) is 6.04 Å². The molecule has 6 nitrogen and oxygen atoms in total. The van der Waals surface area contributed by atoms with Crippen molar-refractivity contribution in [3.8, 4) is 5.69 Å². The number of aromatic nitrogens is 5. The van der Waals surface area contributed by atoms with Gasteiger partial charge in [-0.1, -0.05) is 35.4 Å². The molecule has 0 radical (unpaired) electrons. The maximum absolute atomic E-state index is 4.86. The highest BCUT2D eigenvalue weighted by atomic mass is 32.1. The van der Waals surface area contributed by atoms with Gasteiger partial charge in [0.05, 0.1) is 21.9 Å². The van der Waals surface area contributed by atoms with Gasteiger partial charge in [-0.2, -0.15) is 4.68 Å². The van der Waals surface area contributed by atoms with Crippen LogP contribution in [0.25, 0.3) is 15.9 Å². The van der Waals surface area contributed by atoms with E-state index >= 15 is 0 Å². The van der Waals surface area contributed by atoms with E-state index < -0.39 is 0 Å². The average molecular weight is 348 g/mol. The molecule has 0 unspecified atom stereocenters. The molecule has 0 aliphatic carbocycles. The van der Waals surface area contributed by atoms with Crippen molar-refractivity contribution in [3.05, 3.63) is 59.6 Å². The fraction of sp³-hybridized carbons (Fsp3) is 0.222. The fourth-order valence-electron chi connectivity index (χ4n) is 3.39. The van der Waals surface area contributed by atoms with Crippen molar-refractivity contribution in [2.75, 3.05) is 11.4 Å². The Kier molecular flexibility index (Phi) is 3.45. The Morgan fingerprint density at radius 3 is 2.72 bits per heavy atom. The molecule has 1 saturated heterocycles. The van der Waals surface area contributed by atoms with Gasteiger partial charge in [-0.25, -0.2) is 4.98 Å². The third kappa shape index (κ3) is 2.47. The normalized spacial score (nSPS) is 17.4. The van der Waals surface area contributed by atoms with Crippen LogP contribution in [0.1, 0.15) is 23.9 Å². The number of hydrogen-bond acceptors (Lipinski definition) is 6. The summed E-state index contributed by atoms with van der Waals surface area (Å²) < 4.78 is 3.04. The van der Waals surface area contributed by atoms with E-state index in [0.29, 0.717) is 0 Å². The third-order valence-corrected chi connectivity index (χ3v) is 5.70. The second-order valence-corrected chi connectivity index (χ2v) is 7.16. The highest BCUT2D eigenvalue weighted by molar-refractivity contribution is 7.18. The summed E-state index contributed by atoms with van der Waals surface area (Å²) >= 11 is 1.77. The highest BCUT2D eigenvalue weighted by Crippen LogP contribution is 2.38. The molecule has 4 aromatic rings. The summed E-state index contributed by atoms with van der Waals surface area (Å²) in [5, 5.41) is 13.6. The molecule has 0 saturated carbocycles. The molecule has 2 aromatic carbocycles. The Morgan fingerprint density at radius 2 is 1.84 bits per heavy atom. The fourth-order valence-corrected chi connectivity index (χ4v) is 4.51. The molecule has 5 rings (SSSR count). The van der Waals surface area contributed by atoms with Crippen LogP contribution in [0.5, 0.6) is 0 Å². The van der Waals surface area contributed by atoms with Crippen molar-refractivity contribution < 1.29 is 0 Å². The molecule has 2 aromatic heterocycles. The predicted molar refractivity (Wildman–Crippen MR) is 98.1 cm³/mol. The zero-order valence-corrected chi connectivity index (χ0v) is 14.3. The van der Waals surface area contributed by atoms with Crippen LogP contribution in [0.15, 0.2) is 54.6 Å². The molecule has 0 N–H and O–H groups in total. The first-order valence-electron chi connectivity index (χ1n) is 8.36. The minimum atomic E-state index is 0.228. The van der Waals surface area contributed by atoms with E-state index in [1.807, 2.05) is 41.1 Å². The van der Waals surface area contributed by atoms with Crippen molar-refractivity contribution >= 4 is 27.5 Å². The smallest absolute Gasteiger partial charge is 0.250 e. The van der Waals surface area contributed by atoms with Gasteiger partial charge in [-0.15, -0.1) is 11.3 Å². The number of nitrogens with zero attached hydrogens (tertiary/aromatic N) is 6. The first-order chi connectivity index (χ1) is 12.4. The monoisotopic (exact) mass is 348 g/mol. The second kappa shape index (κ2) is 5.93. The quantitative estimate of drug-likeness (QED) is 0.566.